The zero-order valence-electron chi connectivity index (χ0n) is 14.1. The number of benzene rings is 1. The highest BCUT2D eigenvalue weighted by molar-refractivity contribution is 5.99. The first kappa shape index (κ1) is 17.6. The molecule has 0 spiro atoms. The van der Waals surface area contributed by atoms with Crippen LogP contribution in [0.1, 0.15) is 16.8 Å². The van der Waals surface area contributed by atoms with E-state index in [1.807, 2.05) is 30.3 Å². The summed E-state index contributed by atoms with van der Waals surface area (Å²) in [6.45, 7) is 0.576. The van der Waals surface area contributed by atoms with Crippen molar-refractivity contribution in [2.75, 3.05) is 24.6 Å². The molecule has 134 valence electrons. The Morgan fingerprint density at radius 1 is 1.15 bits per heavy atom. The number of nitrogens with zero attached hydrogens (tertiary/aromatic N) is 2. The molecule has 1 atom stereocenters. The van der Waals surface area contributed by atoms with Crippen molar-refractivity contribution in [1.82, 2.24) is 10.3 Å². The van der Waals surface area contributed by atoms with Gasteiger partial charge in [-0.3, -0.25) is 19.4 Å². The van der Waals surface area contributed by atoms with Crippen LogP contribution in [0.15, 0.2) is 54.9 Å². The lowest BCUT2D eigenvalue weighted by Crippen LogP contribution is -2.30. The summed E-state index contributed by atoms with van der Waals surface area (Å²) in [5.74, 6) is -1.26. The van der Waals surface area contributed by atoms with Gasteiger partial charge in [-0.15, -0.1) is 0 Å². The number of pyridine rings is 1. The Morgan fingerprint density at radius 2 is 1.88 bits per heavy atom. The highest BCUT2D eigenvalue weighted by atomic mass is 16.5. The van der Waals surface area contributed by atoms with Gasteiger partial charge in [-0.05, 0) is 24.3 Å². The number of esters is 1. The Kier molecular flexibility index (Phi) is 5.58. The fraction of sp³-hybridized carbons (Fsp3) is 0.263. The highest BCUT2D eigenvalue weighted by Gasteiger charge is 2.36. The van der Waals surface area contributed by atoms with E-state index < -0.39 is 11.9 Å². The van der Waals surface area contributed by atoms with Crippen molar-refractivity contribution >= 4 is 23.5 Å². The number of amides is 2. The van der Waals surface area contributed by atoms with Gasteiger partial charge >= 0.3 is 5.97 Å². The summed E-state index contributed by atoms with van der Waals surface area (Å²) in [6.07, 6.45) is 3.20. The molecule has 1 aromatic heterocycles. The van der Waals surface area contributed by atoms with Crippen molar-refractivity contribution < 1.29 is 19.1 Å². The summed E-state index contributed by atoms with van der Waals surface area (Å²) in [5.41, 5.74) is 1.27. The monoisotopic (exact) mass is 353 g/mol. The molecule has 2 aromatic rings. The van der Waals surface area contributed by atoms with Gasteiger partial charge in [0.25, 0.3) is 5.91 Å². The number of para-hydroxylation sites is 1. The quantitative estimate of drug-likeness (QED) is 0.626. The average molecular weight is 353 g/mol. The van der Waals surface area contributed by atoms with E-state index in [0.29, 0.717) is 12.1 Å². The molecule has 0 saturated carbocycles. The van der Waals surface area contributed by atoms with Gasteiger partial charge in [-0.25, -0.2) is 0 Å². The topological polar surface area (TPSA) is 88.6 Å². The minimum absolute atomic E-state index is 0.0612. The maximum Gasteiger partial charge on any atom is 0.311 e. The summed E-state index contributed by atoms with van der Waals surface area (Å²) in [4.78, 5) is 41.6. The van der Waals surface area contributed by atoms with Crippen LogP contribution >= 0.6 is 0 Å². The molecule has 7 heteroatoms. The second kappa shape index (κ2) is 8.24. The van der Waals surface area contributed by atoms with Gasteiger partial charge in [-0.2, -0.15) is 0 Å². The lowest BCUT2D eigenvalue weighted by molar-refractivity contribution is -0.148. The first-order valence-corrected chi connectivity index (χ1v) is 8.35. The highest BCUT2D eigenvalue weighted by Crippen LogP contribution is 2.25. The van der Waals surface area contributed by atoms with Crippen molar-refractivity contribution in [3.8, 4) is 0 Å². The number of ether oxygens (including phenoxy) is 1. The van der Waals surface area contributed by atoms with Gasteiger partial charge < -0.3 is 15.0 Å². The Balaban J connectivity index is 1.43. The van der Waals surface area contributed by atoms with E-state index in [-0.39, 0.29) is 31.4 Å². The smallest absolute Gasteiger partial charge is 0.311 e. The number of hydrogen-bond donors (Lipinski definition) is 1. The van der Waals surface area contributed by atoms with E-state index in [1.165, 1.54) is 12.4 Å². The lowest BCUT2D eigenvalue weighted by atomic mass is 10.1. The van der Waals surface area contributed by atoms with Gasteiger partial charge in [0.1, 0.15) is 6.61 Å². The molecule has 1 N–H and O–H groups in total. The molecule has 7 nitrogen and oxygen atoms in total. The molecular formula is C19H19N3O4. The molecule has 1 unspecified atom stereocenters. The SMILES string of the molecule is O=C(NCCOC(=O)C1CC(=O)N(c2ccccc2)C1)c1ccncc1. The van der Waals surface area contributed by atoms with E-state index in [9.17, 15) is 14.4 Å². The third-order valence-corrected chi connectivity index (χ3v) is 4.10. The fourth-order valence-electron chi connectivity index (χ4n) is 2.76. The van der Waals surface area contributed by atoms with Crippen LogP contribution in [0.2, 0.25) is 0 Å². The van der Waals surface area contributed by atoms with Gasteiger partial charge in [0.05, 0.1) is 12.5 Å². The fourth-order valence-corrected chi connectivity index (χ4v) is 2.76. The van der Waals surface area contributed by atoms with E-state index in [1.54, 1.807) is 17.0 Å². The van der Waals surface area contributed by atoms with Crippen LogP contribution in [0.25, 0.3) is 0 Å². The second-order valence-corrected chi connectivity index (χ2v) is 5.90. The van der Waals surface area contributed by atoms with Crippen molar-refractivity contribution in [3.05, 3.63) is 60.4 Å². The number of anilines is 1. The molecule has 1 saturated heterocycles. The summed E-state index contributed by atoms with van der Waals surface area (Å²) in [5, 5.41) is 2.67. The molecule has 2 amide bonds. The zero-order chi connectivity index (χ0) is 18.4. The number of carbonyl (C=O) groups excluding carboxylic acids is 3. The number of nitrogens with one attached hydrogen (secondary N) is 1. The predicted octanol–water partition coefficient (Wildman–Crippen LogP) is 1.41. The number of carbonyl (C=O) groups is 3. The average Bonchev–Trinajstić information content (AvgIpc) is 3.08. The molecule has 0 radical (unpaired) electrons. The van der Waals surface area contributed by atoms with Crippen molar-refractivity contribution in [2.24, 2.45) is 5.92 Å². The number of aromatic nitrogens is 1. The van der Waals surface area contributed by atoms with Crippen LogP contribution in [-0.2, 0) is 14.3 Å². The lowest BCUT2D eigenvalue weighted by Gasteiger charge is -2.16. The molecular weight excluding hydrogens is 334 g/mol. The summed E-state index contributed by atoms with van der Waals surface area (Å²) in [7, 11) is 0. The maximum absolute atomic E-state index is 12.2. The third kappa shape index (κ3) is 4.24. The van der Waals surface area contributed by atoms with E-state index >= 15 is 0 Å². The largest absolute Gasteiger partial charge is 0.464 e. The summed E-state index contributed by atoms with van der Waals surface area (Å²) >= 11 is 0. The van der Waals surface area contributed by atoms with Crippen LogP contribution in [0, 0.1) is 5.92 Å². The van der Waals surface area contributed by atoms with Crippen molar-refractivity contribution in [2.45, 2.75) is 6.42 Å². The van der Waals surface area contributed by atoms with Crippen LogP contribution in [0.4, 0.5) is 5.69 Å². The van der Waals surface area contributed by atoms with Crippen LogP contribution in [0.3, 0.4) is 0 Å². The standard InChI is InChI=1S/C19H19N3O4/c23-17-12-15(13-22(17)16-4-2-1-3-5-16)19(25)26-11-10-21-18(24)14-6-8-20-9-7-14/h1-9,15H,10-13H2,(H,21,24). The molecule has 1 fully saturated rings. The molecule has 0 aliphatic carbocycles. The maximum atomic E-state index is 12.2. The first-order valence-electron chi connectivity index (χ1n) is 8.35. The van der Waals surface area contributed by atoms with E-state index in [2.05, 4.69) is 10.3 Å². The summed E-state index contributed by atoms with van der Waals surface area (Å²) in [6, 6.07) is 12.4. The van der Waals surface area contributed by atoms with Crippen LogP contribution in [0.5, 0.6) is 0 Å². The number of hydrogen-bond acceptors (Lipinski definition) is 5. The second-order valence-electron chi connectivity index (χ2n) is 5.90. The molecule has 1 aliphatic heterocycles. The van der Waals surface area contributed by atoms with Gasteiger partial charge in [-0.1, -0.05) is 18.2 Å². The first-order chi connectivity index (χ1) is 12.6. The normalized spacial score (nSPS) is 16.4. The molecule has 2 heterocycles. The van der Waals surface area contributed by atoms with E-state index in [4.69, 9.17) is 4.74 Å². The zero-order valence-corrected chi connectivity index (χ0v) is 14.1. The van der Waals surface area contributed by atoms with Crippen molar-refractivity contribution in [1.29, 1.82) is 0 Å². The predicted molar refractivity (Wildman–Crippen MR) is 94.4 cm³/mol. The van der Waals surface area contributed by atoms with Gasteiger partial charge in [0.15, 0.2) is 0 Å². The Hall–Kier alpha value is -3.22. The Bertz CT molecular complexity index is 780. The minimum Gasteiger partial charge on any atom is -0.464 e. The van der Waals surface area contributed by atoms with Crippen LogP contribution < -0.4 is 10.2 Å². The van der Waals surface area contributed by atoms with Gasteiger partial charge in [0.2, 0.25) is 5.91 Å². The third-order valence-electron chi connectivity index (χ3n) is 4.10. The molecule has 1 aromatic carbocycles. The summed E-state index contributed by atoms with van der Waals surface area (Å²) < 4.78 is 5.20. The Labute approximate surface area is 151 Å². The van der Waals surface area contributed by atoms with E-state index in [0.717, 1.165) is 5.69 Å². The number of rotatable bonds is 6. The molecule has 0 bridgehead atoms. The van der Waals surface area contributed by atoms with Gasteiger partial charge in [0, 0.05) is 36.6 Å². The minimum atomic E-state index is -0.487. The van der Waals surface area contributed by atoms with Crippen LogP contribution in [-0.4, -0.2) is 42.5 Å². The van der Waals surface area contributed by atoms with Crippen molar-refractivity contribution in [3.63, 3.8) is 0 Å². The molecule has 26 heavy (non-hydrogen) atoms. The Morgan fingerprint density at radius 3 is 2.62 bits per heavy atom. The molecule has 3 rings (SSSR count). The molecule has 1 aliphatic rings.